The summed E-state index contributed by atoms with van der Waals surface area (Å²) in [6.07, 6.45) is -9.37. The number of hydrogen-bond acceptors (Lipinski definition) is 2. The van der Waals surface area contributed by atoms with Crippen molar-refractivity contribution < 1.29 is 31.5 Å². The van der Waals surface area contributed by atoms with E-state index in [0.717, 1.165) is 12.1 Å². The molecule has 1 aromatic rings. The van der Waals surface area contributed by atoms with E-state index < -0.39 is 18.0 Å². The molecule has 0 bridgehead atoms. The van der Waals surface area contributed by atoms with E-state index in [-0.39, 0.29) is 13.0 Å². The third-order valence-electron chi connectivity index (χ3n) is 2.09. The Hall–Kier alpha value is -1.86. The van der Waals surface area contributed by atoms with Gasteiger partial charge in [0, 0.05) is 6.54 Å². The molecule has 1 radical (unpaired) electrons. The highest BCUT2D eigenvalue weighted by Gasteiger charge is 2.61. The smallest absolute Gasteiger partial charge is 0.426 e. The van der Waals surface area contributed by atoms with Crippen LogP contribution in [-0.2, 0) is 11.2 Å². The number of ether oxygens (including phenoxy) is 1. The van der Waals surface area contributed by atoms with Crippen LogP contribution in [-0.4, -0.2) is 25.2 Å². The van der Waals surface area contributed by atoms with Gasteiger partial charge >= 0.3 is 18.7 Å². The zero-order valence-electron chi connectivity index (χ0n) is 9.43. The topological polar surface area (TPSA) is 38.3 Å². The van der Waals surface area contributed by atoms with E-state index in [0.29, 0.717) is 5.56 Å². The highest BCUT2D eigenvalue weighted by molar-refractivity contribution is 5.47. The maximum atomic E-state index is 12.6. The lowest BCUT2D eigenvalue weighted by molar-refractivity contribution is -0.360. The van der Waals surface area contributed by atoms with Crippen molar-refractivity contribution in [2.45, 2.75) is 18.7 Å². The van der Waals surface area contributed by atoms with Gasteiger partial charge < -0.3 is 10.1 Å². The summed E-state index contributed by atoms with van der Waals surface area (Å²) in [5.41, 5.74) is 0.443. The van der Waals surface area contributed by atoms with Crippen LogP contribution in [0.3, 0.4) is 0 Å². The monoisotopic (exact) mass is 282 g/mol. The summed E-state index contributed by atoms with van der Waals surface area (Å²) in [7, 11) is 0. The summed E-state index contributed by atoms with van der Waals surface area (Å²) in [5, 5.41) is 2.21. The van der Waals surface area contributed by atoms with Gasteiger partial charge in [0.2, 0.25) is 0 Å². The average molecular weight is 282 g/mol. The number of halogens is 5. The minimum atomic E-state index is -5.78. The van der Waals surface area contributed by atoms with E-state index in [1.165, 1.54) is 18.5 Å². The highest BCUT2D eigenvalue weighted by atomic mass is 19.4. The van der Waals surface area contributed by atoms with Crippen molar-refractivity contribution in [3.63, 3.8) is 0 Å². The van der Waals surface area contributed by atoms with Crippen LogP contribution in [0.25, 0.3) is 0 Å². The molecule has 0 heterocycles. The summed E-state index contributed by atoms with van der Waals surface area (Å²) in [6.45, 7) is 0.183. The van der Waals surface area contributed by atoms with Crippen LogP contribution in [0.1, 0.15) is 5.56 Å². The summed E-state index contributed by atoms with van der Waals surface area (Å²) in [6, 6.07) is 4.82. The number of amides is 1. The second-order valence-corrected chi connectivity index (χ2v) is 3.54. The van der Waals surface area contributed by atoms with Gasteiger partial charge in [0.15, 0.2) is 0 Å². The zero-order valence-corrected chi connectivity index (χ0v) is 9.43. The summed E-state index contributed by atoms with van der Waals surface area (Å²) in [4.78, 5) is 9.88. The van der Waals surface area contributed by atoms with E-state index >= 15 is 0 Å². The number of benzene rings is 1. The fourth-order valence-corrected chi connectivity index (χ4v) is 1.23. The fourth-order valence-electron chi connectivity index (χ4n) is 1.23. The minimum absolute atomic E-state index is 0.183. The molecule has 0 aromatic heterocycles. The number of carbonyl (C=O) groups excluding carboxylic acids is 1. The Balaban J connectivity index is 2.74. The molecule has 3 nitrogen and oxygen atoms in total. The van der Waals surface area contributed by atoms with Crippen molar-refractivity contribution in [1.29, 1.82) is 0 Å². The first kappa shape index (κ1) is 15.2. The molecule has 0 fully saturated rings. The fraction of sp³-hybridized carbons (Fsp3) is 0.364. The van der Waals surface area contributed by atoms with Crippen molar-refractivity contribution >= 4 is 6.41 Å². The molecular weight excluding hydrogens is 273 g/mol. The predicted molar refractivity (Wildman–Crippen MR) is 55.5 cm³/mol. The van der Waals surface area contributed by atoms with Crippen LogP contribution in [0, 0.1) is 0 Å². The SMILES string of the molecule is O=[C]NCCc1cccc(OC(F)(F)C(F)(F)F)c1. The second kappa shape index (κ2) is 5.85. The van der Waals surface area contributed by atoms with Crippen LogP contribution < -0.4 is 10.1 Å². The normalized spacial score (nSPS) is 12.1. The first-order valence-electron chi connectivity index (χ1n) is 5.09. The van der Waals surface area contributed by atoms with Gasteiger partial charge in [-0.15, -0.1) is 0 Å². The number of nitrogens with one attached hydrogen (secondary N) is 1. The lowest BCUT2D eigenvalue weighted by Crippen LogP contribution is -2.41. The number of rotatable bonds is 6. The molecule has 19 heavy (non-hydrogen) atoms. The summed E-state index contributed by atoms with van der Waals surface area (Å²) in [5.74, 6) is -0.602. The van der Waals surface area contributed by atoms with E-state index in [4.69, 9.17) is 0 Å². The Bertz CT molecular complexity index is 433. The molecule has 0 aliphatic rings. The Labute approximate surface area is 105 Å². The first-order valence-corrected chi connectivity index (χ1v) is 5.09. The Morgan fingerprint density at radius 3 is 2.47 bits per heavy atom. The van der Waals surface area contributed by atoms with Gasteiger partial charge in [0.25, 0.3) is 0 Å². The summed E-state index contributed by atoms with van der Waals surface area (Å²) < 4.78 is 64.8. The van der Waals surface area contributed by atoms with Crippen molar-refractivity contribution in [3.8, 4) is 5.75 Å². The van der Waals surface area contributed by atoms with Gasteiger partial charge in [-0.1, -0.05) is 12.1 Å². The molecule has 0 atom stereocenters. The quantitative estimate of drug-likeness (QED) is 0.494. The molecule has 0 saturated carbocycles. The van der Waals surface area contributed by atoms with Crippen molar-refractivity contribution in [3.05, 3.63) is 29.8 Å². The lowest BCUT2D eigenvalue weighted by atomic mass is 10.1. The minimum Gasteiger partial charge on any atom is -0.426 e. The molecule has 8 heteroatoms. The van der Waals surface area contributed by atoms with Gasteiger partial charge in [-0.2, -0.15) is 22.0 Å². The average Bonchev–Trinajstić information content (AvgIpc) is 2.27. The predicted octanol–water partition coefficient (Wildman–Crippen LogP) is 2.42. The molecule has 0 saturated heterocycles. The highest BCUT2D eigenvalue weighted by Crippen LogP contribution is 2.37. The molecule has 105 valence electrons. The number of alkyl halides is 5. The first-order chi connectivity index (χ1) is 8.76. The number of hydrogen-bond donors (Lipinski definition) is 1. The maximum Gasteiger partial charge on any atom is 0.499 e. The molecule has 1 aromatic carbocycles. The molecule has 0 unspecified atom stereocenters. The molecule has 0 aliphatic heterocycles. The van der Waals surface area contributed by atoms with Crippen LogP contribution in [0.15, 0.2) is 24.3 Å². The molecule has 1 amide bonds. The van der Waals surface area contributed by atoms with Crippen LogP contribution in [0.5, 0.6) is 5.75 Å². The molecule has 1 rings (SSSR count). The van der Waals surface area contributed by atoms with Crippen molar-refractivity contribution in [2.24, 2.45) is 0 Å². The van der Waals surface area contributed by atoms with Gasteiger partial charge in [-0.05, 0) is 24.1 Å². The van der Waals surface area contributed by atoms with E-state index in [1.807, 2.05) is 0 Å². The van der Waals surface area contributed by atoms with E-state index in [9.17, 15) is 26.7 Å². The standard InChI is InChI=1S/C11H9F5NO2/c12-10(13,14)11(15,16)19-9-3-1-2-8(6-9)4-5-17-7-18/h1-3,6H,4-5H2,(H,17,18). The third kappa shape index (κ3) is 4.38. The molecular formula is C11H9F5NO2. The Morgan fingerprint density at radius 2 is 1.89 bits per heavy atom. The van der Waals surface area contributed by atoms with Crippen molar-refractivity contribution in [2.75, 3.05) is 6.54 Å². The van der Waals surface area contributed by atoms with E-state index in [1.54, 1.807) is 0 Å². The second-order valence-electron chi connectivity index (χ2n) is 3.54. The zero-order chi connectivity index (χ0) is 14.5. The van der Waals surface area contributed by atoms with Gasteiger partial charge in [-0.3, -0.25) is 4.79 Å². The molecule has 1 N–H and O–H groups in total. The van der Waals surface area contributed by atoms with Crippen molar-refractivity contribution in [1.82, 2.24) is 5.32 Å². The van der Waals surface area contributed by atoms with Gasteiger partial charge in [-0.25, -0.2) is 0 Å². The Kier molecular flexibility index (Phi) is 4.68. The van der Waals surface area contributed by atoms with Gasteiger partial charge in [0.1, 0.15) is 5.75 Å². The lowest BCUT2D eigenvalue weighted by Gasteiger charge is -2.20. The van der Waals surface area contributed by atoms with Crippen LogP contribution >= 0.6 is 0 Å². The Morgan fingerprint density at radius 1 is 1.21 bits per heavy atom. The molecule has 0 spiro atoms. The maximum absolute atomic E-state index is 12.6. The third-order valence-corrected chi connectivity index (χ3v) is 2.09. The van der Waals surface area contributed by atoms with E-state index in [2.05, 4.69) is 10.1 Å². The van der Waals surface area contributed by atoms with Gasteiger partial charge in [0.05, 0.1) is 0 Å². The molecule has 0 aliphatic carbocycles. The van der Waals surface area contributed by atoms with Crippen LogP contribution in [0.4, 0.5) is 22.0 Å². The summed E-state index contributed by atoms with van der Waals surface area (Å²) >= 11 is 0. The van der Waals surface area contributed by atoms with Crippen LogP contribution in [0.2, 0.25) is 0 Å². The largest absolute Gasteiger partial charge is 0.499 e.